The first-order chi connectivity index (χ1) is 17.8. The van der Waals surface area contributed by atoms with Crippen molar-refractivity contribution in [3.63, 3.8) is 0 Å². The molecule has 0 aliphatic carbocycles. The molecule has 0 radical (unpaired) electrons. The molecule has 4 rings (SSSR count). The normalized spacial score (nSPS) is 12.5. The molecular weight excluding hydrogens is 505 g/mol. The molecule has 0 atom stereocenters. The lowest BCUT2D eigenvalue weighted by atomic mass is 10.1. The molecule has 1 aliphatic rings. The highest BCUT2D eigenvalue weighted by atomic mass is 35.5. The van der Waals surface area contributed by atoms with Gasteiger partial charge in [-0.2, -0.15) is 5.10 Å². The lowest BCUT2D eigenvalue weighted by Crippen LogP contribution is -2.33. The second-order valence-corrected chi connectivity index (χ2v) is 8.87. The number of fused-ring (bicyclic) bond motifs is 2. The first-order valence-electron chi connectivity index (χ1n) is 11.3. The number of esters is 1. The minimum Gasteiger partial charge on any atom is -0.468 e. The van der Waals surface area contributed by atoms with Crippen LogP contribution >= 0.6 is 11.6 Å². The maximum Gasteiger partial charge on any atom is 0.319 e. The number of carbonyl (C=O) groups is 2. The van der Waals surface area contributed by atoms with E-state index in [9.17, 15) is 9.59 Å². The summed E-state index contributed by atoms with van der Waals surface area (Å²) in [5.41, 5.74) is 2.50. The first-order valence-corrected chi connectivity index (χ1v) is 11.7. The van der Waals surface area contributed by atoms with Gasteiger partial charge < -0.3 is 24.4 Å². The predicted octanol–water partition coefficient (Wildman–Crippen LogP) is 3.67. The number of methoxy groups -OCH3 is 2. The summed E-state index contributed by atoms with van der Waals surface area (Å²) in [6.45, 7) is 0.234. The molecule has 37 heavy (non-hydrogen) atoms. The van der Waals surface area contributed by atoms with Gasteiger partial charge in [0.2, 0.25) is 0 Å². The van der Waals surface area contributed by atoms with Crippen LogP contribution in [0.4, 0.5) is 21.6 Å². The van der Waals surface area contributed by atoms with Crippen LogP contribution in [0.15, 0.2) is 42.6 Å². The highest BCUT2D eigenvalue weighted by Crippen LogP contribution is 2.38. The number of aromatic nitrogens is 2. The average molecular weight is 532 g/mol. The van der Waals surface area contributed by atoms with Crippen LogP contribution in [0.3, 0.4) is 0 Å². The number of hydrogen-bond donors (Lipinski definition) is 1. The molecule has 0 spiro atoms. The van der Waals surface area contributed by atoms with E-state index in [0.29, 0.717) is 22.0 Å². The topological polar surface area (TPSA) is 98.2 Å². The second-order valence-electron chi connectivity index (χ2n) is 8.43. The van der Waals surface area contributed by atoms with Crippen molar-refractivity contribution >= 4 is 40.7 Å². The number of ether oxygens (including phenoxy) is 3. The molecule has 196 valence electrons. The van der Waals surface area contributed by atoms with Crippen LogP contribution in [0, 0.1) is 5.82 Å². The number of carbonyl (C=O) groups excluding carboxylic acids is 2. The van der Waals surface area contributed by atoms with E-state index in [1.165, 1.54) is 26.4 Å². The van der Waals surface area contributed by atoms with E-state index in [1.807, 2.05) is 0 Å². The quantitative estimate of drug-likeness (QED) is 0.254. The number of anilines is 3. The number of aryl methyl sites for hydroxylation is 1. The molecule has 0 bridgehead atoms. The molecule has 2 heterocycles. The zero-order valence-corrected chi connectivity index (χ0v) is 21.4. The Labute approximate surface area is 218 Å². The Hall–Kier alpha value is -3.51. The molecule has 0 fully saturated rings. The standard InChI is InChI=1S/C25H27ClFN5O5/c1-30-24-18(10-28-30)12-32(22-7-6-19(26)9-21(22)29-24)25(34)16-4-5-17(20(27)8-16)11-31(13-23(33)36-3)14-37-15-35-2/h4-10,29H,11-15H2,1-3H3. The number of rotatable bonds is 9. The fourth-order valence-corrected chi connectivity index (χ4v) is 4.19. The van der Waals surface area contributed by atoms with Crippen LogP contribution in [0.1, 0.15) is 21.5 Å². The summed E-state index contributed by atoms with van der Waals surface area (Å²) in [4.78, 5) is 28.5. The van der Waals surface area contributed by atoms with Gasteiger partial charge in [-0.15, -0.1) is 0 Å². The largest absolute Gasteiger partial charge is 0.468 e. The fourth-order valence-electron chi connectivity index (χ4n) is 4.02. The minimum atomic E-state index is -0.584. The SMILES string of the molecule is COCOCN(CC(=O)OC)Cc1ccc(C(=O)N2Cc3cnn(C)c3Nc3cc(Cl)ccc32)cc1F. The Kier molecular flexibility index (Phi) is 8.39. The van der Waals surface area contributed by atoms with Gasteiger partial charge in [-0.25, -0.2) is 4.39 Å². The number of benzene rings is 2. The summed E-state index contributed by atoms with van der Waals surface area (Å²) in [6, 6.07) is 9.45. The third kappa shape index (κ3) is 6.08. The van der Waals surface area contributed by atoms with Crippen LogP contribution in [0.25, 0.3) is 0 Å². The smallest absolute Gasteiger partial charge is 0.319 e. The van der Waals surface area contributed by atoms with Crippen molar-refractivity contribution in [1.82, 2.24) is 14.7 Å². The molecule has 10 nitrogen and oxygen atoms in total. The maximum absolute atomic E-state index is 15.2. The molecular formula is C25H27ClFN5O5. The summed E-state index contributed by atoms with van der Waals surface area (Å²) in [7, 11) is 4.55. The van der Waals surface area contributed by atoms with Gasteiger partial charge in [0.05, 0.1) is 37.8 Å². The Bertz CT molecular complexity index is 1300. The number of hydrogen-bond acceptors (Lipinski definition) is 8. The molecule has 2 aromatic carbocycles. The van der Waals surface area contributed by atoms with E-state index in [4.69, 9.17) is 25.8 Å². The predicted molar refractivity (Wildman–Crippen MR) is 135 cm³/mol. The van der Waals surface area contributed by atoms with Crippen LogP contribution in [0.5, 0.6) is 0 Å². The first kappa shape index (κ1) is 26.6. The summed E-state index contributed by atoms with van der Waals surface area (Å²) in [6.07, 6.45) is 1.68. The molecule has 1 aromatic heterocycles. The maximum atomic E-state index is 15.2. The van der Waals surface area contributed by atoms with Gasteiger partial charge in [0, 0.05) is 42.4 Å². The van der Waals surface area contributed by atoms with E-state index in [-0.39, 0.29) is 44.6 Å². The van der Waals surface area contributed by atoms with Crippen LogP contribution in [-0.2, 0) is 39.1 Å². The summed E-state index contributed by atoms with van der Waals surface area (Å²) in [5, 5.41) is 8.08. The summed E-state index contributed by atoms with van der Waals surface area (Å²) >= 11 is 6.21. The van der Waals surface area contributed by atoms with Gasteiger partial charge in [-0.3, -0.25) is 19.2 Å². The van der Waals surface area contributed by atoms with Crippen molar-refractivity contribution < 1.29 is 28.2 Å². The Morgan fingerprint density at radius 3 is 2.76 bits per heavy atom. The molecule has 0 unspecified atom stereocenters. The van der Waals surface area contributed by atoms with E-state index in [0.717, 1.165) is 11.4 Å². The summed E-state index contributed by atoms with van der Waals surface area (Å²) in [5.74, 6) is -0.723. The van der Waals surface area contributed by atoms with E-state index >= 15 is 4.39 Å². The lowest BCUT2D eigenvalue weighted by Gasteiger charge is -2.24. The molecule has 1 amide bonds. The number of nitrogens with zero attached hydrogens (tertiary/aromatic N) is 4. The Balaban J connectivity index is 1.59. The third-order valence-corrected chi connectivity index (χ3v) is 6.08. The van der Waals surface area contributed by atoms with Crippen LogP contribution in [-0.4, -0.2) is 60.8 Å². The molecule has 0 saturated carbocycles. The Morgan fingerprint density at radius 2 is 2.03 bits per heavy atom. The summed E-state index contributed by atoms with van der Waals surface area (Å²) < 4.78 is 31.8. The fraction of sp³-hybridized carbons (Fsp3) is 0.320. The van der Waals surface area contributed by atoms with Crippen LogP contribution in [0.2, 0.25) is 5.02 Å². The zero-order chi connectivity index (χ0) is 26.5. The van der Waals surface area contributed by atoms with Crippen molar-refractivity contribution in [2.75, 3.05) is 44.5 Å². The van der Waals surface area contributed by atoms with Crippen molar-refractivity contribution in [2.24, 2.45) is 7.05 Å². The minimum absolute atomic E-state index is 0.0175. The Morgan fingerprint density at radius 1 is 1.22 bits per heavy atom. The van der Waals surface area contributed by atoms with Crippen molar-refractivity contribution in [3.8, 4) is 0 Å². The molecule has 12 heteroatoms. The monoisotopic (exact) mass is 531 g/mol. The average Bonchev–Trinajstić information content (AvgIpc) is 3.13. The lowest BCUT2D eigenvalue weighted by molar-refractivity contribution is -0.145. The van der Waals surface area contributed by atoms with Crippen molar-refractivity contribution in [3.05, 3.63) is 70.1 Å². The number of nitrogens with one attached hydrogen (secondary N) is 1. The van der Waals surface area contributed by atoms with Gasteiger partial charge in [0.1, 0.15) is 25.2 Å². The van der Waals surface area contributed by atoms with Gasteiger partial charge in [-0.1, -0.05) is 17.7 Å². The van der Waals surface area contributed by atoms with Gasteiger partial charge in [-0.05, 0) is 30.3 Å². The zero-order valence-electron chi connectivity index (χ0n) is 20.7. The van der Waals surface area contributed by atoms with Gasteiger partial charge in [0.25, 0.3) is 5.91 Å². The highest BCUT2D eigenvalue weighted by molar-refractivity contribution is 6.31. The van der Waals surface area contributed by atoms with Crippen molar-refractivity contribution in [1.29, 1.82) is 0 Å². The highest BCUT2D eigenvalue weighted by Gasteiger charge is 2.27. The second kappa shape index (κ2) is 11.7. The van der Waals surface area contributed by atoms with Gasteiger partial charge in [0.15, 0.2) is 0 Å². The molecule has 3 aromatic rings. The van der Waals surface area contributed by atoms with Crippen molar-refractivity contribution in [2.45, 2.75) is 13.1 Å². The van der Waals surface area contributed by atoms with E-state index in [1.54, 1.807) is 52.0 Å². The molecule has 1 aliphatic heterocycles. The number of amides is 1. The molecule has 0 saturated heterocycles. The third-order valence-electron chi connectivity index (χ3n) is 5.84. The molecule has 1 N–H and O–H groups in total. The van der Waals surface area contributed by atoms with Gasteiger partial charge >= 0.3 is 5.97 Å². The van der Waals surface area contributed by atoms with E-state index in [2.05, 4.69) is 10.4 Å². The van der Waals surface area contributed by atoms with E-state index < -0.39 is 11.8 Å². The number of halogens is 2. The van der Waals surface area contributed by atoms with Crippen LogP contribution < -0.4 is 10.2 Å².